The summed E-state index contributed by atoms with van der Waals surface area (Å²) in [5, 5.41) is 0. The molecule has 0 saturated heterocycles. The summed E-state index contributed by atoms with van der Waals surface area (Å²) in [6.07, 6.45) is 2.18. The molecule has 0 aliphatic carbocycles. The summed E-state index contributed by atoms with van der Waals surface area (Å²) in [7, 11) is -6.72. The minimum atomic E-state index is -2.22. The second-order valence-electron chi connectivity index (χ2n) is 9.19. The quantitative estimate of drug-likeness (QED) is 0.302. The van der Waals surface area contributed by atoms with E-state index in [1.807, 2.05) is 0 Å². The molecular weight excluding hydrogens is 425 g/mol. The van der Waals surface area contributed by atoms with Crippen LogP contribution >= 0.6 is 0 Å². The Bertz CT molecular complexity index is 721. The molecule has 2 aromatic carbocycles. The van der Waals surface area contributed by atoms with E-state index in [0.29, 0.717) is 0 Å². The Balaban J connectivity index is 1.77. The third kappa shape index (κ3) is 10.2. The van der Waals surface area contributed by atoms with Gasteiger partial charge in [-0.25, -0.2) is 0 Å². The zero-order valence-corrected chi connectivity index (χ0v) is 23.4. The number of hydrogen-bond acceptors (Lipinski definition) is 3. The Morgan fingerprint density at radius 2 is 1.17 bits per heavy atom. The highest BCUT2D eigenvalue weighted by molar-refractivity contribution is 6.87. The first-order valence-corrected chi connectivity index (χ1v) is 21.0. The molecule has 0 radical (unpaired) electrons. The van der Waals surface area contributed by atoms with E-state index in [0.717, 1.165) is 24.9 Å². The Morgan fingerprint density at radius 1 is 0.655 bits per heavy atom. The number of rotatable bonds is 12. The van der Waals surface area contributed by atoms with Crippen LogP contribution in [0.1, 0.15) is 11.1 Å². The maximum atomic E-state index is 6.68. The Labute approximate surface area is 183 Å². The largest absolute Gasteiger partial charge is 0.442 e. The lowest BCUT2D eigenvalue weighted by Crippen LogP contribution is -2.53. The van der Waals surface area contributed by atoms with E-state index in [2.05, 4.69) is 99.9 Å². The normalized spacial score (nSPS) is 13.3. The summed E-state index contributed by atoms with van der Waals surface area (Å²) in [6.45, 7) is 13.4. The molecule has 2 rings (SSSR count). The molecule has 0 aromatic heterocycles. The Hall–Kier alpha value is -0.812. The van der Waals surface area contributed by atoms with Gasteiger partial charge in [0.15, 0.2) is 8.32 Å². The van der Waals surface area contributed by atoms with Crippen molar-refractivity contribution >= 4 is 35.2 Å². The van der Waals surface area contributed by atoms with Gasteiger partial charge in [0.05, 0.1) is 0 Å². The average Bonchev–Trinajstić information content (AvgIpc) is 2.64. The van der Waals surface area contributed by atoms with Gasteiger partial charge in [-0.05, 0) is 75.3 Å². The number of hydrogen-bond donors (Lipinski definition) is 0. The van der Waals surface area contributed by atoms with Crippen molar-refractivity contribution in [3.63, 3.8) is 0 Å². The van der Waals surface area contributed by atoms with Crippen LogP contribution in [0.3, 0.4) is 0 Å². The molecule has 160 valence electrons. The maximum Gasteiger partial charge on any atom is 0.312 e. The highest BCUT2D eigenvalue weighted by Gasteiger charge is 2.40. The number of benzene rings is 2. The highest BCUT2D eigenvalue weighted by atomic mass is 28.5. The van der Waals surface area contributed by atoms with Crippen molar-refractivity contribution < 1.29 is 12.3 Å². The van der Waals surface area contributed by atoms with Crippen molar-refractivity contribution in [2.75, 3.05) is 0 Å². The van der Waals surface area contributed by atoms with E-state index >= 15 is 0 Å². The fourth-order valence-electron chi connectivity index (χ4n) is 3.69. The molecule has 0 saturated carbocycles. The molecule has 0 fully saturated rings. The van der Waals surface area contributed by atoms with Crippen LogP contribution in [0.5, 0.6) is 0 Å². The van der Waals surface area contributed by atoms with Crippen molar-refractivity contribution in [1.29, 1.82) is 0 Å². The van der Waals surface area contributed by atoms with Crippen LogP contribution in [0, 0.1) is 0 Å². The smallest absolute Gasteiger partial charge is 0.312 e. The van der Waals surface area contributed by atoms with Gasteiger partial charge in [0.25, 0.3) is 0 Å². The molecule has 29 heavy (non-hydrogen) atoms. The van der Waals surface area contributed by atoms with Crippen molar-refractivity contribution in [1.82, 2.24) is 0 Å². The summed E-state index contributed by atoms with van der Waals surface area (Å²) in [5.41, 5.74) is 2.78. The van der Waals surface area contributed by atoms with E-state index in [9.17, 15) is 0 Å². The molecule has 7 heteroatoms. The lowest BCUT2D eigenvalue weighted by Gasteiger charge is -2.38. The van der Waals surface area contributed by atoms with Crippen LogP contribution in [0.15, 0.2) is 60.7 Å². The van der Waals surface area contributed by atoms with Crippen LogP contribution in [-0.2, 0) is 25.2 Å². The molecule has 0 amide bonds. The van der Waals surface area contributed by atoms with E-state index in [1.165, 1.54) is 11.1 Å². The van der Waals surface area contributed by atoms with Crippen LogP contribution < -0.4 is 0 Å². The lowest BCUT2D eigenvalue weighted by atomic mass is 10.2. The SMILES string of the molecule is C[Si](C)(CCc1ccccc1)O[Si](C)(C)O[Si](C)(C)O[SiH2]CCc1ccccc1. The first-order valence-electron chi connectivity index (χ1n) is 10.7. The highest BCUT2D eigenvalue weighted by Crippen LogP contribution is 2.24. The van der Waals surface area contributed by atoms with E-state index in [1.54, 1.807) is 0 Å². The fourth-order valence-corrected chi connectivity index (χ4v) is 19.4. The minimum Gasteiger partial charge on any atom is -0.442 e. The molecule has 0 spiro atoms. The third-order valence-corrected chi connectivity index (χ3v) is 18.6. The van der Waals surface area contributed by atoms with Crippen molar-refractivity contribution in [2.45, 2.75) is 64.2 Å². The van der Waals surface area contributed by atoms with Gasteiger partial charge in [0, 0.05) is 0 Å². The minimum absolute atomic E-state index is 0.577. The van der Waals surface area contributed by atoms with Gasteiger partial charge >= 0.3 is 17.1 Å². The second-order valence-corrected chi connectivity index (χ2v) is 22.7. The van der Waals surface area contributed by atoms with Gasteiger partial charge in [0.2, 0.25) is 0 Å². The molecule has 0 unspecified atom stereocenters. The standard InChI is InChI=1S/C22H38O3Si4/c1-27(2,20-18-22-15-11-8-12-16-22)24-29(5,6)25-28(3,4)23-26-19-17-21-13-9-7-10-14-21/h7-16H,17-20,26H2,1-6H3. The van der Waals surface area contributed by atoms with E-state index in [-0.39, 0.29) is 0 Å². The molecule has 0 heterocycles. The second kappa shape index (κ2) is 11.0. The number of aryl methyl sites for hydroxylation is 2. The Kier molecular flexibility index (Phi) is 9.27. The lowest BCUT2D eigenvalue weighted by molar-refractivity contribution is 0.336. The Morgan fingerprint density at radius 3 is 1.72 bits per heavy atom. The monoisotopic (exact) mass is 462 g/mol. The van der Waals surface area contributed by atoms with Crippen LogP contribution in [0.2, 0.25) is 51.4 Å². The maximum absolute atomic E-state index is 6.68. The van der Waals surface area contributed by atoms with Gasteiger partial charge in [0.1, 0.15) is 9.76 Å². The topological polar surface area (TPSA) is 27.7 Å². The zero-order valence-electron chi connectivity index (χ0n) is 19.0. The first kappa shape index (κ1) is 24.5. The van der Waals surface area contributed by atoms with Gasteiger partial charge in [-0.2, -0.15) is 0 Å². The first-order chi connectivity index (χ1) is 13.6. The van der Waals surface area contributed by atoms with Gasteiger partial charge < -0.3 is 12.3 Å². The summed E-state index contributed by atoms with van der Waals surface area (Å²) < 4.78 is 19.6. The predicted molar refractivity (Wildman–Crippen MR) is 134 cm³/mol. The molecule has 2 aromatic rings. The molecule has 0 atom stereocenters. The van der Waals surface area contributed by atoms with Crippen LogP contribution in [0.4, 0.5) is 0 Å². The van der Waals surface area contributed by atoms with Crippen LogP contribution in [-0.4, -0.2) is 35.2 Å². The fraction of sp³-hybridized carbons (Fsp3) is 0.455. The summed E-state index contributed by atoms with van der Waals surface area (Å²) in [5.74, 6) is 0. The average molecular weight is 463 g/mol. The van der Waals surface area contributed by atoms with E-state index in [4.69, 9.17) is 12.3 Å². The molecular formula is C22H38O3Si4. The molecule has 0 N–H and O–H groups in total. The van der Waals surface area contributed by atoms with Crippen molar-refractivity contribution in [3.8, 4) is 0 Å². The van der Waals surface area contributed by atoms with E-state index < -0.39 is 35.2 Å². The van der Waals surface area contributed by atoms with Gasteiger partial charge in [-0.3, -0.25) is 0 Å². The van der Waals surface area contributed by atoms with Gasteiger partial charge in [-0.15, -0.1) is 0 Å². The van der Waals surface area contributed by atoms with Crippen LogP contribution in [0.25, 0.3) is 0 Å². The molecule has 0 aliphatic heterocycles. The molecule has 3 nitrogen and oxygen atoms in total. The summed E-state index contributed by atoms with van der Waals surface area (Å²) in [4.78, 5) is 0. The van der Waals surface area contributed by atoms with Crippen molar-refractivity contribution in [3.05, 3.63) is 71.8 Å². The predicted octanol–water partition coefficient (Wildman–Crippen LogP) is 5.63. The molecule has 0 bridgehead atoms. The zero-order chi connectivity index (χ0) is 21.4. The van der Waals surface area contributed by atoms with Crippen molar-refractivity contribution in [2.24, 2.45) is 0 Å². The van der Waals surface area contributed by atoms with Gasteiger partial charge in [-0.1, -0.05) is 60.7 Å². The molecule has 0 aliphatic rings. The third-order valence-electron chi connectivity index (χ3n) is 4.77. The summed E-state index contributed by atoms with van der Waals surface area (Å²) in [6, 6.07) is 23.6. The summed E-state index contributed by atoms with van der Waals surface area (Å²) >= 11 is 0.